The van der Waals surface area contributed by atoms with Gasteiger partial charge in [0.25, 0.3) is 40.7 Å². The van der Waals surface area contributed by atoms with Gasteiger partial charge in [-0.05, 0) is 125 Å². The van der Waals surface area contributed by atoms with Crippen molar-refractivity contribution in [3.05, 3.63) is 0 Å². The van der Waals surface area contributed by atoms with Crippen molar-refractivity contribution in [1.82, 2.24) is 0 Å². The molecular weight excluding hydrogens is 744 g/mol. The molecule has 19 heteroatoms. The van der Waals surface area contributed by atoms with Crippen LogP contribution in [0.4, 0.5) is 0 Å². The molecule has 0 rings (SSSR count). The Hall–Kier alpha value is -1.77. The smallest absolute Gasteiger partial charge is 0.723 e. The standard InChI is InChI=1S/6C4H10O2.6CO.Mo/c6*1-4(2,3)6-5;6*1-2;/h6*5H,1-3H3;;;;;;;/q;;;;;;;;;;;;+6/p-6. The molecule has 0 aliphatic rings. The van der Waals surface area contributed by atoms with Crippen LogP contribution >= 0.6 is 0 Å². The second-order valence-electron chi connectivity index (χ2n) is 13.2. The van der Waals surface area contributed by atoms with Gasteiger partial charge in [0.05, 0.1) is 0 Å². The Balaban J connectivity index is -0.0000000270. The molecule has 0 fully saturated rings. The molecule has 0 saturated heterocycles. The van der Waals surface area contributed by atoms with Crippen molar-refractivity contribution in [2.24, 2.45) is 0 Å². The van der Waals surface area contributed by atoms with Gasteiger partial charge in [-0.3, -0.25) is 28.8 Å². The Morgan fingerprint density at radius 3 is 0.265 bits per heavy atom. The SMILES string of the molecule is CC(C)(C)O[O-].CC(C)(C)O[O-].CC(C)(C)O[O-].CC(C)(C)O[O-].CC(C)(C)O[O-].CC(C)(C)O[O-].[C]=O.[C]=O.[C]=O.[C]=O.[C]=O.[C]=O.[Mo+6]. The molecular formula is C30H54MoO18. The molecule has 0 aliphatic carbocycles. The maximum atomic E-state index is 9.45. The summed E-state index contributed by atoms with van der Waals surface area (Å²) < 4.78 is 0. The van der Waals surface area contributed by atoms with Crippen LogP contribution in [0.15, 0.2) is 0 Å². The van der Waals surface area contributed by atoms with Crippen LogP contribution in [-0.2, 0) is 79.2 Å². The second-order valence-corrected chi connectivity index (χ2v) is 13.2. The number of hydrogen-bond donors (Lipinski definition) is 0. The maximum absolute atomic E-state index is 9.45. The van der Waals surface area contributed by atoms with Crippen LogP contribution in [0.5, 0.6) is 0 Å². The van der Waals surface area contributed by atoms with Gasteiger partial charge in [-0.2, -0.15) is 0 Å². The predicted molar refractivity (Wildman–Crippen MR) is 159 cm³/mol. The minimum Gasteiger partial charge on any atom is -0.723 e. The summed E-state index contributed by atoms with van der Waals surface area (Å²) >= 11 is 0. The molecule has 18 nitrogen and oxygen atoms in total. The largest absolute Gasteiger partial charge is 6.00 e. The fraction of sp³-hybridized carbons (Fsp3) is 0.800. The van der Waals surface area contributed by atoms with Crippen molar-refractivity contribution in [3.63, 3.8) is 0 Å². The van der Waals surface area contributed by atoms with Gasteiger partial charge in [-0.25, -0.2) is 0 Å². The molecule has 0 amide bonds. The Kier molecular flexibility index (Phi) is 103. The minimum absolute atomic E-state index is 0. The Bertz CT molecular complexity index is 408. The van der Waals surface area contributed by atoms with Crippen molar-refractivity contribution in [2.45, 2.75) is 158 Å². The summed E-state index contributed by atoms with van der Waals surface area (Å²) in [5.41, 5.74) is -3.08. The van der Waals surface area contributed by atoms with Gasteiger partial charge in [0.15, 0.2) is 0 Å². The van der Waals surface area contributed by atoms with Gasteiger partial charge >= 0.3 is 21.1 Å². The molecule has 0 N–H and O–H groups in total. The minimum atomic E-state index is -0.514. The fourth-order valence-corrected chi connectivity index (χ4v) is 0. The first kappa shape index (κ1) is 86.1. The summed E-state index contributed by atoms with van der Waals surface area (Å²) in [5, 5.41) is 56.7. The number of carbonyl (C=O) groups excluding carboxylic acids is 6. The Morgan fingerprint density at radius 2 is 0.265 bits per heavy atom. The average molecular weight is 799 g/mol. The third-order valence-corrected chi connectivity index (χ3v) is 1.50. The molecule has 0 aliphatic heterocycles. The quantitative estimate of drug-likeness (QED) is 0.146. The molecule has 0 atom stereocenters. The molecule has 0 aromatic rings. The van der Waals surface area contributed by atoms with Crippen LogP contribution in [0.2, 0.25) is 0 Å². The maximum Gasteiger partial charge on any atom is 6.00 e. The summed E-state index contributed by atoms with van der Waals surface area (Å²) in [4.78, 5) is 67.1. The van der Waals surface area contributed by atoms with E-state index in [9.17, 15) is 31.5 Å². The zero-order chi connectivity index (χ0) is 43.2. The molecule has 0 spiro atoms. The van der Waals surface area contributed by atoms with Crippen LogP contribution in [0, 0.1) is 0 Å². The van der Waals surface area contributed by atoms with Gasteiger partial charge in [0.2, 0.25) is 0 Å². The average Bonchev–Trinajstić information content (AvgIpc) is 3.02. The van der Waals surface area contributed by atoms with Crippen LogP contribution < -0.4 is 31.5 Å². The summed E-state index contributed by atoms with van der Waals surface area (Å²) in [7, 11) is 0. The normalized spacial score (nSPS) is 9.31. The first-order chi connectivity index (χ1) is 21.4. The van der Waals surface area contributed by atoms with E-state index in [1.807, 2.05) is 0 Å². The predicted octanol–water partition coefficient (Wildman–Crippen LogP) is -1.92. The molecule has 49 heavy (non-hydrogen) atoms. The first-order valence-corrected chi connectivity index (χ1v) is 12.4. The fourth-order valence-electron chi connectivity index (χ4n) is 0. The van der Waals surface area contributed by atoms with Crippen molar-refractivity contribution in [2.75, 3.05) is 0 Å². The molecule has 0 unspecified atom stereocenters. The van der Waals surface area contributed by atoms with Crippen LogP contribution in [-0.4, -0.2) is 74.3 Å². The van der Waals surface area contributed by atoms with Gasteiger partial charge in [0, 0.05) is 33.6 Å². The van der Waals surface area contributed by atoms with Gasteiger partial charge in [-0.1, -0.05) is 0 Å². The zero-order valence-electron chi connectivity index (χ0n) is 31.8. The molecule has 0 saturated carbocycles. The van der Waals surface area contributed by atoms with Crippen LogP contribution in [0.1, 0.15) is 125 Å². The third-order valence-electron chi connectivity index (χ3n) is 1.50. The Labute approximate surface area is 309 Å². The summed E-state index contributed by atoms with van der Waals surface area (Å²) in [6.45, 7) is 57.7. The van der Waals surface area contributed by atoms with E-state index in [2.05, 4.69) is 70.1 Å². The van der Waals surface area contributed by atoms with E-state index in [0.717, 1.165) is 0 Å². The van der Waals surface area contributed by atoms with Gasteiger partial charge < -0.3 is 60.9 Å². The molecule has 12 radical (unpaired) electrons. The Morgan fingerprint density at radius 1 is 0.245 bits per heavy atom. The van der Waals surface area contributed by atoms with E-state index in [4.69, 9.17) is 28.8 Å². The van der Waals surface area contributed by atoms with E-state index in [-0.39, 0.29) is 21.1 Å². The second kappa shape index (κ2) is 58.4. The first-order valence-electron chi connectivity index (χ1n) is 12.4. The van der Waals surface area contributed by atoms with Crippen molar-refractivity contribution < 1.29 is 111 Å². The molecule has 0 aromatic heterocycles. The zero-order valence-corrected chi connectivity index (χ0v) is 33.8. The van der Waals surface area contributed by atoms with Crippen molar-refractivity contribution in [1.29, 1.82) is 0 Å². The van der Waals surface area contributed by atoms with E-state index in [1.165, 1.54) is 0 Å². The number of rotatable bonds is 0. The van der Waals surface area contributed by atoms with E-state index >= 15 is 0 Å². The van der Waals surface area contributed by atoms with Gasteiger partial charge in [-0.15, -0.1) is 0 Å². The third kappa shape index (κ3) is 343. The van der Waals surface area contributed by atoms with Crippen molar-refractivity contribution >= 4 is 40.7 Å². The van der Waals surface area contributed by atoms with Crippen LogP contribution in [0.25, 0.3) is 0 Å². The monoisotopic (exact) mass is 800 g/mol. The molecule has 0 bridgehead atoms. The van der Waals surface area contributed by atoms with E-state index in [0.29, 0.717) is 0 Å². The summed E-state index contributed by atoms with van der Waals surface area (Å²) in [6.07, 6.45) is 0. The summed E-state index contributed by atoms with van der Waals surface area (Å²) in [6, 6.07) is 0. The van der Waals surface area contributed by atoms with Crippen LogP contribution in [0.3, 0.4) is 0 Å². The number of hydrogen-bond acceptors (Lipinski definition) is 18. The van der Waals surface area contributed by atoms with E-state index in [1.54, 1.807) is 125 Å². The van der Waals surface area contributed by atoms with Crippen molar-refractivity contribution in [3.8, 4) is 0 Å². The topological polar surface area (TPSA) is 296 Å². The molecule has 0 aromatic carbocycles. The summed E-state index contributed by atoms with van der Waals surface area (Å²) in [5.74, 6) is 0. The molecule has 0 heterocycles. The van der Waals surface area contributed by atoms with Gasteiger partial charge in [0.1, 0.15) is 0 Å². The molecule has 288 valence electrons. The van der Waals surface area contributed by atoms with E-state index < -0.39 is 33.6 Å².